The number of hydrogen-bond donors (Lipinski definition) is 2. The standard InChI is InChI=1S/C24H24N2O3/c1-16(2)29-22-13-5-4-12-21(22)24(28)26-20-11-7-9-18(15-20)23(27)25-19-10-6-8-17(3)14-19/h4-16H,1-3H3,(H,25,27)(H,26,28). The van der Waals surface area contributed by atoms with E-state index in [0.717, 1.165) is 11.3 Å². The van der Waals surface area contributed by atoms with Gasteiger partial charge in [0.05, 0.1) is 11.7 Å². The van der Waals surface area contributed by atoms with Gasteiger partial charge in [-0.05, 0) is 68.8 Å². The summed E-state index contributed by atoms with van der Waals surface area (Å²) in [7, 11) is 0. The Balaban J connectivity index is 1.75. The Morgan fingerprint density at radius 3 is 2.17 bits per heavy atom. The number of hydrogen-bond acceptors (Lipinski definition) is 3. The van der Waals surface area contributed by atoms with Crippen LogP contribution in [0.25, 0.3) is 0 Å². The van der Waals surface area contributed by atoms with Crippen LogP contribution in [0.2, 0.25) is 0 Å². The predicted molar refractivity (Wildman–Crippen MR) is 116 cm³/mol. The van der Waals surface area contributed by atoms with Crippen LogP contribution in [0, 0.1) is 6.92 Å². The molecule has 0 aliphatic heterocycles. The van der Waals surface area contributed by atoms with E-state index in [0.29, 0.717) is 22.6 Å². The molecule has 3 rings (SSSR count). The summed E-state index contributed by atoms with van der Waals surface area (Å²) in [5.74, 6) is -0.0129. The second-order valence-electron chi connectivity index (χ2n) is 7.02. The molecular weight excluding hydrogens is 364 g/mol. The quantitative estimate of drug-likeness (QED) is 0.603. The van der Waals surface area contributed by atoms with Crippen LogP contribution in [0.1, 0.15) is 40.1 Å². The summed E-state index contributed by atoms with van der Waals surface area (Å²) in [6.07, 6.45) is -0.0439. The zero-order chi connectivity index (χ0) is 20.8. The Labute approximate surface area is 170 Å². The van der Waals surface area contributed by atoms with Gasteiger partial charge in [-0.1, -0.05) is 30.3 Å². The molecule has 0 spiro atoms. The molecule has 3 aromatic carbocycles. The van der Waals surface area contributed by atoms with Gasteiger partial charge >= 0.3 is 0 Å². The van der Waals surface area contributed by atoms with E-state index in [1.54, 1.807) is 42.5 Å². The van der Waals surface area contributed by atoms with Gasteiger partial charge in [-0.2, -0.15) is 0 Å². The van der Waals surface area contributed by atoms with E-state index in [1.165, 1.54) is 0 Å². The number of aryl methyl sites for hydroxylation is 1. The fourth-order valence-corrected chi connectivity index (χ4v) is 2.87. The molecule has 2 N–H and O–H groups in total. The van der Waals surface area contributed by atoms with Crippen LogP contribution in [-0.4, -0.2) is 17.9 Å². The topological polar surface area (TPSA) is 67.4 Å². The van der Waals surface area contributed by atoms with E-state index in [1.807, 2.05) is 51.1 Å². The van der Waals surface area contributed by atoms with Gasteiger partial charge in [0.25, 0.3) is 11.8 Å². The van der Waals surface area contributed by atoms with E-state index in [4.69, 9.17) is 4.74 Å². The van der Waals surface area contributed by atoms with Crippen LogP contribution >= 0.6 is 0 Å². The van der Waals surface area contributed by atoms with Gasteiger partial charge in [-0.25, -0.2) is 0 Å². The Hall–Kier alpha value is -3.60. The molecular formula is C24H24N2O3. The minimum absolute atomic E-state index is 0.0439. The maximum atomic E-state index is 12.7. The number of benzene rings is 3. The summed E-state index contributed by atoms with van der Waals surface area (Å²) in [6.45, 7) is 5.78. The highest BCUT2D eigenvalue weighted by Gasteiger charge is 2.14. The van der Waals surface area contributed by atoms with Gasteiger partial charge in [-0.3, -0.25) is 9.59 Å². The number of carbonyl (C=O) groups excluding carboxylic acids is 2. The molecule has 3 aromatic rings. The third kappa shape index (κ3) is 5.45. The van der Waals surface area contributed by atoms with Crippen LogP contribution in [0.15, 0.2) is 72.8 Å². The molecule has 0 atom stereocenters. The molecule has 0 aromatic heterocycles. The van der Waals surface area contributed by atoms with Crippen molar-refractivity contribution in [3.8, 4) is 5.75 Å². The molecule has 0 aliphatic rings. The molecule has 0 unspecified atom stereocenters. The minimum Gasteiger partial charge on any atom is -0.490 e. The van der Waals surface area contributed by atoms with Crippen molar-refractivity contribution < 1.29 is 14.3 Å². The summed E-state index contributed by atoms with van der Waals surface area (Å²) in [4.78, 5) is 25.3. The number of carbonyl (C=O) groups is 2. The molecule has 0 aliphatic carbocycles. The lowest BCUT2D eigenvalue weighted by molar-refractivity contribution is 0.101. The predicted octanol–water partition coefficient (Wildman–Crippen LogP) is 5.29. The molecule has 148 valence electrons. The highest BCUT2D eigenvalue weighted by atomic mass is 16.5. The maximum absolute atomic E-state index is 12.7. The van der Waals surface area contributed by atoms with Gasteiger partial charge in [0.15, 0.2) is 0 Å². The molecule has 0 saturated carbocycles. The van der Waals surface area contributed by atoms with E-state index in [2.05, 4.69) is 10.6 Å². The van der Waals surface area contributed by atoms with Gasteiger partial charge in [0.2, 0.25) is 0 Å². The molecule has 0 heterocycles. The minimum atomic E-state index is -0.294. The molecule has 5 nitrogen and oxygen atoms in total. The molecule has 2 amide bonds. The van der Waals surface area contributed by atoms with E-state index in [-0.39, 0.29) is 17.9 Å². The first-order valence-electron chi connectivity index (χ1n) is 9.47. The average molecular weight is 388 g/mol. The van der Waals surface area contributed by atoms with E-state index < -0.39 is 0 Å². The third-order valence-corrected chi connectivity index (χ3v) is 4.15. The zero-order valence-electron chi connectivity index (χ0n) is 16.7. The van der Waals surface area contributed by atoms with E-state index in [9.17, 15) is 9.59 Å². The molecule has 0 fully saturated rings. The number of rotatable bonds is 6. The van der Waals surface area contributed by atoms with Crippen molar-refractivity contribution in [2.75, 3.05) is 10.6 Å². The van der Waals surface area contributed by atoms with Crippen LogP contribution in [0.5, 0.6) is 5.75 Å². The van der Waals surface area contributed by atoms with Crippen LogP contribution < -0.4 is 15.4 Å². The smallest absolute Gasteiger partial charge is 0.259 e. The number of para-hydroxylation sites is 1. The normalized spacial score (nSPS) is 10.5. The first-order chi connectivity index (χ1) is 13.9. The summed E-state index contributed by atoms with van der Waals surface area (Å²) >= 11 is 0. The van der Waals surface area contributed by atoms with Crippen molar-refractivity contribution in [2.24, 2.45) is 0 Å². The Morgan fingerprint density at radius 2 is 1.45 bits per heavy atom. The first kappa shape index (κ1) is 20.1. The Kier molecular flexibility index (Phi) is 6.29. The van der Waals surface area contributed by atoms with Crippen LogP contribution in [0.4, 0.5) is 11.4 Å². The molecule has 0 radical (unpaired) electrons. The summed E-state index contributed by atoms with van der Waals surface area (Å²) in [5.41, 5.74) is 3.22. The molecule has 29 heavy (non-hydrogen) atoms. The number of anilines is 2. The first-order valence-corrected chi connectivity index (χ1v) is 9.47. The third-order valence-electron chi connectivity index (χ3n) is 4.15. The average Bonchev–Trinajstić information content (AvgIpc) is 2.68. The summed E-state index contributed by atoms with van der Waals surface area (Å²) < 4.78 is 5.72. The summed E-state index contributed by atoms with van der Waals surface area (Å²) in [6, 6.07) is 21.5. The monoisotopic (exact) mass is 388 g/mol. The van der Waals surface area contributed by atoms with Gasteiger partial charge in [-0.15, -0.1) is 0 Å². The van der Waals surface area contributed by atoms with Crippen molar-refractivity contribution in [1.29, 1.82) is 0 Å². The second kappa shape index (κ2) is 9.06. The highest BCUT2D eigenvalue weighted by molar-refractivity contribution is 6.08. The van der Waals surface area contributed by atoms with Crippen molar-refractivity contribution in [3.05, 3.63) is 89.5 Å². The van der Waals surface area contributed by atoms with Gasteiger partial charge in [0.1, 0.15) is 5.75 Å². The van der Waals surface area contributed by atoms with Crippen LogP contribution in [-0.2, 0) is 0 Å². The number of amides is 2. The fraction of sp³-hybridized carbons (Fsp3) is 0.167. The highest BCUT2D eigenvalue weighted by Crippen LogP contribution is 2.21. The number of nitrogens with one attached hydrogen (secondary N) is 2. The largest absolute Gasteiger partial charge is 0.490 e. The number of ether oxygens (including phenoxy) is 1. The van der Waals surface area contributed by atoms with Crippen molar-refractivity contribution in [3.63, 3.8) is 0 Å². The lowest BCUT2D eigenvalue weighted by atomic mass is 10.1. The van der Waals surface area contributed by atoms with Crippen molar-refractivity contribution in [1.82, 2.24) is 0 Å². The van der Waals surface area contributed by atoms with Gasteiger partial charge < -0.3 is 15.4 Å². The Morgan fingerprint density at radius 1 is 0.793 bits per heavy atom. The molecule has 5 heteroatoms. The zero-order valence-corrected chi connectivity index (χ0v) is 16.7. The van der Waals surface area contributed by atoms with Crippen LogP contribution in [0.3, 0.4) is 0 Å². The second-order valence-corrected chi connectivity index (χ2v) is 7.02. The summed E-state index contributed by atoms with van der Waals surface area (Å²) in [5, 5.41) is 5.71. The fourth-order valence-electron chi connectivity index (χ4n) is 2.87. The van der Waals surface area contributed by atoms with Gasteiger partial charge in [0, 0.05) is 16.9 Å². The lowest BCUT2D eigenvalue weighted by Crippen LogP contribution is -2.16. The Bertz CT molecular complexity index is 1030. The van der Waals surface area contributed by atoms with E-state index >= 15 is 0 Å². The molecule has 0 saturated heterocycles. The maximum Gasteiger partial charge on any atom is 0.259 e. The van der Waals surface area contributed by atoms with Crippen molar-refractivity contribution in [2.45, 2.75) is 26.9 Å². The molecule has 0 bridgehead atoms. The van der Waals surface area contributed by atoms with Crippen molar-refractivity contribution >= 4 is 23.2 Å². The SMILES string of the molecule is Cc1cccc(NC(=O)c2cccc(NC(=O)c3ccccc3OC(C)C)c2)c1. The lowest BCUT2D eigenvalue weighted by Gasteiger charge is -2.14.